The van der Waals surface area contributed by atoms with Crippen molar-refractivity contribution in [1.82, 2.24) is 9.29 Å². The molecule has 0 aliphatic rings. The van der Waals surface area contributed by atoms with Gasteiger partial charge in [-0.05, 0) is 61.7 Å². The summed E-state index contributed by atoms with van der Waals surface area (Å²) < 4.78 is 35.0. The number of anilines is 1. The number of sulfonamides is 1. The van der Waals surface area contributed by atoms with Crippen molar-refractivity contribution in [3.05, 3.63) is 93.8 Å². The summed E-state index contributed by atoms with van der Waals surface area (Å²) in [5.41, 5.74) is 2.80. The largest absolute Gasteiger partial charge is 0.468 e. The quantitative estimate of drug-likeness (QED) is 0.396. The molecule has 9 heteroatoms. The van der Waals surface area contributed by atoms with Gasteiger partial charge in [0.05, 0.1) is 29.8 Å². The number of carbonyl (C=O) groups is 1. The third-order valence-electron chi connectivity index (χ3n) is 5.13. The summed E-state index contributed by atoms with van der Waals surface area (Å²) in [6.07, 6.45) is 1.48. The van der Waals surface area contributed by atoms with Crippen LogP contribution < -0.4 is 10.0 Å². The van der Waals surface area contributed by atoms with E-state index in [0.717, 1.165) is 11.4 Å². The van der Waals surface area contributed by atoms with Crippen LogP contribution in [0.3, 0.4) is 0 Å². The molecule has 0 fully saturated rings. The van der Waals surface area contributed by atoms with E-state index in [2.05, 4.69) is 20.7 Å². The lowest BCUT2D eigenvalue weighted by Crippen LogP contribution is -2.23. The van der Waals surface area contributed by atoms with Gasteiger partial charge in [-0.3, -0.25) is 4.79 Å². The highest BCUT2D eigenvalue weighted by Crippen LogP contribution is 2.22. The molecule has 0 unspecified atom stereocenters. The summed E-state index contributed by atoms with van der Waals surface area (Å²) in [5, 5.41) is 4.85. The Morgan fingerprint density at radius 1 is 1.09 bits per heavy atom. The van der Waals surface area contributed by atoms with E-state index in [0.29, 0.717) is 23.6 Å². The highest BCUT2D eigenvalue weighted by Gasteiger charge is 2.18. The molecule has 3 aromatic heterocycles. The van der Waals surface area contributed by atoms with E-state index in [1.807, 2.05) is 31.4 Å². The third kappa shape index (κ3) is 4.85. The van der Waals surface area contributed by atoms with E-state index in [1.54, 1.807) is 35.6 Å². The topological polar surface area (TPSA) is 93.3 Å². The minimum absolute atomic E-state index is 0.0438. The van der Waals surface area contributed by atoms with E-state index < -0.39 is 10.0 Å². The lowest BCUT2D eigenvalue weighted by Gasteiger charge is -2.10. The summed E-state index contributed by atoms with van der Waals surface area (Å²) in [6, 6.07) is 15.5. The Hall–Kier alpha value is -3.14. The smallest absolute Gasteiger partial charge is 0.257 e. The summed E-state index contributed by atoms with van der Waals surface area (Å²) in [4.78, 5) is 14.2. The van der Waals surface area contributed by atoms with Crippen molar-refractivity contribution in [3.63, 3.8) is 0 Å². The van der Waals surface area contributed by atoms with Crippen LogP contribution in [0.4, 0.5) is 5.69 Å². The average molecular weight is 470 g/mol. The van der Waals surface area contributed by atoms with Crippen LogP contribution in [-0.2, 0) is 23.1 Å². The van der Waals surface area contributed by atoms with Crippen LogP contribution in [-0.4, -0.2) is 18.9 Å². The Morgan fingerprint density at radius 2 is 1.94 bits per heavy atom. The van der Waals surface area contributed by atoms with Gasteiger partial charge in [-0.2, -0.15) is 0 Å². The maximum absolute atomic E-state index is 12.9. The molecule has 32 heavy (non-hydrogen) atoms. The van der Waals surface area contributed by atoms with E-state index in [1.165, 1.54) is 23.3 Å². The maximum atomic E-state index is 12.9. The Kier molecular flexibility index (Phi) is 6.31. The second kappa shape index (κ2) is 9.15. The Morgan fingerprint density at radius 3 is 2.66 bits per heavy atom. The first-order chi connectivity index (χ1) is 15.3. The lowest BCUT2D eigenvalue weighted by molar-refractivity contribution is 0.102. The van der Waals surface area contributed by atoms with Crippen LogP contribution >= 0.6 is 11.3 Å². The Balaban J connectivity index is 1.49. The summed E-state index contributed by atoms with van der Waals surface area (Å²) in [5.74, 6) is 0.226. The Bertz CT molecular complexity index is 1320. The first-order valence-corrected chi connectivity index (χ1v) is 12.3. The maximum Gasteiger partial charge on any atom is 0.257 e. The number of rotatable bonds is 8. The van der Waals surface area contributed by atoms with Gasteiger partial charge in [0.25, 0.3) is 5.91 Å². The van der Waals surface area contributed by atoms with Gasteiger partial charge in [-0.15, -0.1) is 11.3 Å². The number of aromatic nitrogens is 1. The van der Waals surface area contributed by atoms with Crippen molar-refractivity contribution >= 4 is 33.0 Å². The highest BCUT2D eigenvalue weighted by atomic mass is 32.2. The molecule has 166 valence electrons. The molecular formula is C23H23N3O4S2. The predicted molar refractivity (Wildman–Crippen MR) is 124 cm³/mol. The zero-order chi connectivity index (χ0) is 22.7. The van der Waals surface area contributed by atoms with Gasteiger partial charge >= 0.3 is 0 Å². The van der Waals surface area contributed by atoms with Gasteiger partial charge < -0.3 is 14.3 Å². The van der Waals surface area contributed by atoms with E-state index in [-0.39, 0.29) is 17.3 Å². The van der Waals surface area contributed by atoms with Crippen molar-refractivity contribution in [2.75, 3.05) is 5.32 Å². The number of nitrogens with zero attached hydrogens (tertiary/aromatic N) is 1. The van der Waals surface area contributed by atoms with Crippen molar-refractivity contribution < 1.29 is 17.6 Å². The highest BCUT2D eigenvalue weighted by molar-refractivity contribution is 7.89. The molecule has 4 aromatic rings. The molecule has 0 radical (unpaired) electrons. The molecular weight excluding hydrogens is 446 g/mol. The van der Waals surface area contributed by atoms with Gasteiger partial charge in [0.2, 0.25) is 10.0 Å². The van der Waals surface area contributed by atoms with Crippen molar-refractivity contribution in [2.45, 2.75) is 31.8 Å². The SMILES string of the molecule is Cc1cc(C(=O)Nc2cccc(S(=O)(=O)NCc3ccco3)c2)c(C)n1Cc1cccs1. The first-order valence-electron chi connectivity index (χ1n) is 9.96. The number of hydrogen-bond acceptors (Lipinski definition) is 5. The molecule has 0 atom stereocenters. The molecule has 0 aliphatic carbocycles. The molecule has 0 saturated heterocycles. The molecule has 0 spiro atoms. The number of aryl methyl sites for hydroxylation is 1. The van der Waals surface area contributed by atoms with Crippen LogP contribution in [0.2, 0.25) is 0 Å². The Labute approximate surface area is 190 Å². The minimum atomic E-state index is -3.76. The zero-order valence-electron chi connectivity index (χ0n) is 17.7. The van der Waals surface area contributed by atoms with Gasteiger partial charge in [-0.25, -0.2) is 13.1 Å². The number of carbonyl (C=O) groups excluding carboxylic acids is 1. The number of benzene rings is 1. The lowest BCUT2D eigenvalue weighted by atomic mass is 10.2. The molecule has 1 amide bonds. The van der Waals surface area contributed by atoms with E-state index >= 15 is 0 Å². The number of thiophene rings is 1. The van der Waals surface area contributed by atoms with Crippen molar-refractivity contribution in [2.24, 2.45) is 0 Å². The minimum Gasteiger partial charge on any atom is -0.468 e. The second-order valence-electron chi connectivity index (χ2n) is 7.34. The molecule has 7 nitrogen and oxygen atoms in total. The number of amides is 1. The summed E-state index contributed by atoms with van der Waals surface area (Å²) >= 11 is 1.67. The van der Waals surface area contributed by atoms with Crippen LogP contribution in [0.25, 0.3) is 0 Å². The van der Waals surface area contributed by atoms with Crippen LogP contribution in [0.1, 0.15) is 32.4 Å². The fraction of sp³-hybridized carbons (Fsp3) is 0.174. The third-order valence-corrected chi connectivity index (χ3v) is 7.39. The molecule has 4 rings (SSSR count). The molecule has 3 heterocycles. The van der Waals surface area contributed by atoms with Gasteiger partial charge in [0.1, 0.15) is 5.76 Å². The number of furan rings is 1. The number of nitrogens with one attached hydrogen (secondary N) is 2. The van der Waals surface area contributed by atoms with E-state index in [4.69, 9.17) is 4.42 Å². The molecule has 1 aromatic carbocycles. The van der Waals surface area contributed by atoms with Gasteiger partial charge in [0, 0.05) is 22.0 Å². The molecule has 0 aliphatic heterocycles. The first kappa shape index (κ1) is 22.1. The monoisotopic (exact) mass is 469 g/mol. The molecule has 0 bridgehead atoms. The summed E-state index contributed by atoms with van der Waals surface area (Å²) in [7, 11) is -3.76. The average Bonchev–Trinajstić information content (AvgIpc) is 3.52. The fourth-order valence-electron chi connectivity index (χ4n) is 3.43. The summed E-state index contributed by atoms with van der Waals surface area (Å²) in [6.45, 7) is 4.63. The predicted octanol–water partition coefficient (Wildman–Crippen LogP) is 4.54. The normalized spacial score (nSPS) is 11.6. The van der Waals surface area contributed by atoms with Gasteiger partial charge in [0.15, 0.2) is 0 Å². The van der Waals surface area contributed by atoms with Gasteiger partial charge in [-0.1, -0.05) is 12.1 Å². The second-order valence-corrected chi connectivity index (χ2v) is 10.1. The van der Waals surface area contributed by atoms with Crippen LogP contribution in [0.5, 0.6) is 0 Å². The van der Waals surface area contributed by atoms with Crippen LogP contribution in [0, 0.1) is 13.8 Å². The van der Waals surface area contributed by atoms with Crippen molar-refractivity contribution in [3.8, 4) is 0 Å². The fourth-order valence-corrected chi connectivity index (χ4v) is 5.17. The standard InChI is InChI=1S/C23H23N3O4S2/c1-16-12-22(17(2)26(16)15-20-8-5-11-31-20)23(27)25-18-6-3-9-21(13-18)32(28,29)24-14-19-7-4-10-30-19/h3-13,24H,14-15H2,1-2H3,(H,25,27). The van der Waals surface area contributed by atoms with Crippen molar-refractivity contribution in [1.29, 1.82) is 0 Å². The molecule has 0 saturated carbocycles. The molecule has 2 N–H and O–H groups in total. The zero-order valence-corrected chi connectivity index (χ0v) is 19.3. The van der Waals surface area contributed by atoms with Crippen LogP contribution in [0.15, 0.2) is 75.6 Å². The van der Waals surface area contributed by atoms with E-state index in [9.17, 15) is 13.2 Å². The number of hydrogen-bond donors (Lipinski definition) is 2.